The molecule has 22 N–H and O–H groups in total. The molecule has 81 heavy (non-hydrogen) atoms. The molecule has 5 aliphatic rings. The summed E-state index contributed by atoms with van der Waals surface area (Å²) in [7, 11) is 0. The summed E-state index contributed by atoms with van der Waals surface area (Å²) in [6, 6.07) is -5.26. The topological polar surface area (TPSA) is 581 Å². The first kappa shape index (κ1) is 68.5. The van der Waals surface area contributed by atoms with Gasteiger partial charge in [0.05, 0.1) is 57.9 Å². The highest BCUT2D eigenvalue weighted by Gasteiger charge is 2.60. The number of hydrogen-bond donors (Lipinski definition) is 22. The molecule has 3 amide bonds. The van der Waals surface area contributed by atoms with E-state index >= 15 is 0 Å². The van der Waals surface area contributed by atoms with Crippen molar-refractivity contribution in [3.63, 3.8) is 0 Å². The molecule has 470 valence electrons. The minimum absolute atomic E-state index is 0.789. The van der Waals surface area contributed by atoms with Crippen LogP contribution in [0.5, 0.6) is 0 Å². The fourth-order valence-corrected chi connectivity index (χ4v) is 9.84. The van der Waals surface area contributed by atoms with Gasteiger partial charge in [-0.3, -0.25) is 14.4 Å². The first-order valence-corrected chi connectivity index (χ1v) is 25.5. The van der Waals surface area contributed by atoms with Gasteiger partial charge < -0.3 is 160 Å². The Labute approximate surface area is 459 Å². The summed E-state index contributed by atoms with van der Waals surface area (Å²) in [6.45, 7) is -2.41. The van der Waals surface area contributed by atoms with Gasteiger partial charge >= 0.3 is 5.97 Å². The van der Waals surface area contributed by atoms with Crippen LogP contribution in [0.2, 0.25) is 0 Å². The van der Waals surface area contributed by atoms with E-state index in [1.165, 1.54) is 6.92 Å². The van der Waals surface area contributed by atoms with E-state index < -0.39 is 253 Å². The Kier molecular flexibility index (Phi) is 25.1. The Balaban J connectivity index is 1.48. The van der Waals surface area contributed by atoms with Gasteiger partial charge in [0.15, 0.2) is 25.2 Å². The van der Waals surface area contributed by atoms with Crippen molar-refractivity contribution in [3.05, 3.63) is 0 Å². The summed E-state index contributed by atoms with van der Waals surface area (Å²) < 4.78 is 58.0. The normalized spacial score (nSPS) is 42.6. The second-order valence-electron chi connectivity index (χ2n) is 20.2. The number of aliphatic hydroxyl groups excluding tert-OH is 18. The minimum Gasteiger partial charge on any atom is -0.477 e. The van der Waals surface area contributed by atoms with Crippen molar-refractivity contribution in [1.82, 2.24) is 16.0 Å². The van der Waals surface area contributed by atoms with E-state index in [0.29, 0.717) is 0 Å². The summed E-state index contributed by atoms with van der Waals surface area (Å²) in [5.41, 5.74) is 0. The van der Waals surface area contributed by atoms with Crippen molar-refractivity contribution in [3.8, 4) is 0 Å². The number of ether oxygens (including phenoxy) is 10. The van der Waals surface area contributed by atoms with Gasteiger partial charge in [0.25, 0.3) is 5.79 Å². The molecule has 0 saturated carbocycles. The largest absolute Gasteiger partial charge is 0.477 e. The molecule has 5 fully saturated rings. The predicted molar refractivity (Wildman–Crippen MR) is 252 cm³/mol. The molecule has 0 aromatic heterocycles. The van der Waals surface area contributed by atoms with E-state index in [2.05, 4.69) is 16.0 Å². The first-order chi connectivity index (χ1) is 38.0. The van der Waals surface area contributed by atoms with Crippen molar-refractivity contribution < 1.29 is 164 Å². The lowest BCUT2D eigenvalue weighted by Crippen LogP contribution is -2.71. The molecular formula is C45H77N3O33. The lowest BCUT2D eigenvalue weighted by Gasteiger charge is -2.50. The predicted octanol–water partition coefficient (Wildman–Crippen LogP) is -13.8. The average Bonchev–Trinajstić information content (AvgIpc) is 3.51. The number of carbonyl (C=O) groups is 4. The van der Waals surface area contributed by atoms with E-state index in [1.54, 1.807) is 0 Å². The third-order valence-corrected chi connectivity index (χ3v) is 14.2. The third kappa shape index (κ3) is 15.8. The fourth-order valence-electron chi connectivity index (χ4n) is 9.84. The molecule has 36 heteroatoms. The second kappa shape index (κ2) is 29.7. The van der Waals surface area contributed by atoms with E-state index in [-0.39, 0.29) is 0 Å². The van der Waals surface area contributed by atoms with Gasteiger partial charge in [0, 0.05) is 27.2 Å². The molecule has 5 saturated heterocycles. The zero-order valence-corrected chi connectivity index (χ0v) is 43.9. The van der Waals surface area contributed by atoms with Gasteiger partial charge in [0.1, 0.15) is 134 Å². The molecular weight excluding hydrogens is 1110 g/mol. The molecule has 0 bridgehead atoms. The number of carboxylic acids is 1. The maximum absolute atomic E-state index is 13.0. The molecule has 0 radical (unpaired) electrons. The highest BCUT2D eigenvalue weighted by molar-refractivity contribution is 5.76. The van der Waals surface area contributed by atoms with Crippen LogP contribution in [-0.4, -0.2) is 344 Å². The quantitative estimate of drug-likeness (QED) is 0.0404. The van der Waals surface area contributed by atoms with Gasteiger partial charge in [0.2, 0.25) is 17.7 Å². The van der Waals surface area contributed by atoms with E-state index in [9.17, 15) is 116 Å². The second-order valence-corrected chi connectivity index (χ2v) is 20.2. The molecule has 0 aromatic rings. The maximum Gasteiger partial charge on any atom is 0.364 e. The van der Waals surface area contributed by atoms with Crippen LogP contribution in [0.1, 0.15) is 34.1 Å². The number of aliphatic hydroxyl groups is 18. The van der Waals surface area contributed by atoms with Crippen LogP contribution >= 0.6 is 0 Å². The Morgan fingerprint density at radius 2 is 1.15 bits per heavy atom. The lowest BCUT2D eigenvalue weighted by atomic mass is 9.90. The van der Waals surface area contributed by atoms with Gasteiger partial charge in [-0.1, -0.05) is 0 Å². The number of nitrogens with one attached hydrogen (secondary N) is 3. The molecule has 0 aliphatic carbocycles. The van der Waals surface area contributed by atoms with Gasteiger partial charge in [-0.25, -0.2) is 4.79 Å². The molecule has 36 nitrogen and oxygen atoms in total. The lowest BCUT2D eigenvalue weighted by molar-refractivity contribution is -0.381. The van der Waals surface area contributed by atoms with Crippen LogP contribution < -0.4 is 16.0 Å². The third-order valence-electron chi connectivity index (χ3n) is 14.2. The van der Waals surface area contributed by atoms with Crippen LogP contribution in [0.25, 0.3) is 0 Å². The summed E-state index contributed by atoms with van der Waals surface area (Å²) in [6.07, 6.45) is -54.0. The van der Waals surface area contributed by atoms with E-state index in [4.69, 9.17) is 47.4 Å². The Hall–Kier alpha value is -3.24. The number of hydrogen-bond acceptors (Lipinski definition) is 32. The Bertz CT molecular complexity index is 2020. The maximum atomic E-state index is 13.0. The smallest absolute Gasteiger partial charge is 0.364 e. The SMILES string of the molecule is CC(=O)N[C@H]1[C@H](O[C@H]2[C@H](O[C@@H]3O[C@@H](C)[C@@H](O)[C@@H](O)[C@@H]3O)[C@@H](NC(C)=O)[C@H](OC[C@@H](O)[C@H](O)[C@H](O[C@@H]3O[C@H](CO)[C@H](O)[C@H](O[C@]4(C(=O)O)C[C@H](O)[C@@H](O)[C@H]([C@H](O)[C@H](O)CO)O4)[C@H]3O)[C@H](CO)NC(C)=O)O[C@@H]2CO)O[C@H](CO)[C@H](O)[C@@H]1O. The summed E-state index contributed by atoms with van der Waals surface area (Å²) >= 11 is 0. The highest BCUT2D eigenvalue weighted by atomic mass is 16.8. The van der Waals surface area contributed by atoms with E-state index in [1.807, 2.05) is 0 Å². The van der Waals surface area contributed by atoms with E-state index in [0.717, 1.165) is 20.8 Å². The molecule has 30 atom stereocenters. The molecule has 0 spiro atoms. The van der Waals surface area contributed by atoms with Crippen molar-refractivity contribution >= 4 is 23.7 Å². The number of rotatable bonds is 25. The molecule has 0 unspecified atom stereocenters. The number of amides is 3. The summed E-state index contributed by atoms with van der Waals surface area (Å²) in [5, 5.41) is 211. The number of carboxylic acid groups (broad SMARTS) is 1. The molecule has 5 heterocycles. The first-order valence-electron chi connectivity index (χ1n) is 25.5. The molecule has 0 aromatic carbocycles. The van der Waals surface area contributed by atoms with Crippen molar-refractivity contribution in [1.29, 1.82) is 0 Å². The highest BCUT2D eigenvalue weighted by Crippen LogP contribution is 2.39. The standard InChI is InChI=1S/C45H77N3O33/c1-12-25(60)32(67)33(68)42(73-12)79-37-24(48-15(4)56)40(76-22(10-53)36(37)78-41-23(47-14(3)55)31(66)29(64)20(8-51)74-41)72-11-19(59)28(63)35(16(6-49)46-13(2)54)77-43-34(69)39(30(65)21(9-52)75-43)81-45(44(70)71)5-17(57)26(61)38(80-45)27(62)18(58)7-50/h12,16-43,49-53,57-69H,5-11H2,1-4H3,(H,46,54)(H,47,55)(H,48,56)(H,70,71)/t12-,16-,17-,18+,19+,20+,21+,22+,23+,24+,25+,26+,27+,28-,29-,30-,31+,32+,33-,34+,35+,36+,37+,38+,39-,40+,41-,42-,43-,45-/m0/s1. The zero-order chi connectivity index (χ0) is 60.7. The summed E-state index contributed by atoms with van der Waals surface area (Å²) in [4.78, 5) is 50.6. The number of aliphatic carboxylic acids is 1. The monoisotopic (exact) mass is 1190 g/mol. The Morgan fingerprint density at radius 3 is 1.70 bits per heavy atom. The van der Waals surface area contributed by atoms with Gasteiger partial charge in [-0.2, -0.15) is 0 Å². The van der Waals surface area contributed by atoms with Crippen LogP contribution in [0, 0.1) is 0 Å². The fraction of sp³-hybridized carbons (Fsp3) is 0.911. The van der Waals surface area contributed by atoms with Crippen LogP contribution in [0.15, 0.2) is 0 Å². The van der Waals surface area contributed by atoms with Gasteiger partial charge in [-0.05, 0) is 6.92 Å². The van der Waals surface area contributed by atoms with Crippen molar-refractivity contribution in [2.45, 2.75) is 217 Å². The van der Waals surface area contributed by atoms with Gasteiger partial charge in [-0.15, -0.1) is 0 Å². The number of carbonyl (C=O) groups excluding carboxylic acids is 3. The van der Waals surface area contributed by atoms with Crippen molar-refractivity contribution in [2.24, 2.45) is 0 Å². The van der Waals surface area contributed by atoms with Crippen LogP contribution in [0.4, 0.5) is 0 Å². The minimum atomic E-state index is -3.25. The Morgan fingerprint density at radius 1 is 0.580 bits per heavy atom. The van der Waals surface area contributed by atoms with Crippen LogP contribution in [-0.2, 0) is 66.5 Å². The van der Waals surface area contributed by atoms with Crippen molar-refractivity contribution in [2.75, 3.05) is 39.6 Å². The summed E-state index contributed by atoms with van der Waals surface area (Å²) in [5.74, 6) is -7.96. The average molecular weight is 1190 g/mol. The zero-order valence-electron chi connectivity index (χ0n) is 43.9. The molecule has 5 rings (SSSR count). The van der Waals surface area contributed by atoms with Crippen LogP contribution in [0.3, 0.4) is 0 Å². The molecule has 5 aliphatic heterocycles.